The monoisotopic (exact) mass is 426 g/mol. The van der Waals surface area contributed by atoms with E-state index in [9.17, 15) is 25.0 Å². The van der Waals surface area contributed by atoms with Crippen LogP contribution in [0.5, 0.6) is 11.5 Å². The third kappa shape index (κ3) is 4.67. The van der Waals surface area contributed by atoms with Gasteiger partial charge in [-0.3, -0.25) is 20.2 Å². The first-order chi connectivity index (χ1) is 14.4. The number of rotatable bonds is 7. The average Bonchev–Trinajstić information content (AvgIpc) is 3.27. The highest BCUT2D eigenvalue weighted by Crippen LogP contribution is 2.31. The normalized spacial score (nSPS) is 10.7. The number of nitrogens with zero attached hydrogens (tertiary/aromatic N) is 2. The zero-order chi connectivity index (χ0) is 21.7. The van der Waals surface area contributed by atoms with Gasteiger partial charge in [0.2, 0.25) is 0 Å². The molecule has 30 heavy (non-hydrogen) atoms. The lowest BCUT2D eigenvalue weighted by Crippen LogP contribution is -2.07. The number of carbonyl (C=O) groups is 1. The van der Waals surface area contributed by atoms with Crippen LogP contribution in [0.4, 0.5) is 11.4 Å². The summed E-state index contributed by atoms with van der Waals surface area (Å²) in [5.74, 6) is 0.0303. The molecule has 0 saturated heterocycles. The summed E-state index contributed by atoms with van der Waals surface area (Å²) in [4.78, 5) is 33.3. The van der Waals surface area contributed by atoms with E-state index < -0.39 is 15.8 Å². The molecule has 0 amide bonds. The lowest BCUT2D eigenvalue weighted by molar-refractivity contribution is -0.394. The van der Waals surface area contributed by atoms with Crippen LogP contribution in [0.25, 0.3) is 12.2 Å². The van der Waals surface area contributed by atoms with Crippen LogP contribution in [0.15, 0.2) is 53.9 Å². The van der Waals surface area contributed by atoms with Gasteiger partial charge in [-0.2, -0.15) is 0 Å². The fourth-order valence-corrected chi connectivity index (χ4v) is 3.15. The topological polar surface area (TPSA) is 122 Å². The van der Waals surface area contributed by atoms with E-state index in [1.807, 2.05) is 0 Å². The predicted molar refractivity (Wildman–Crippen MR) is 111 cm³/mol. The molecule has 0 aliphatic rings. The largest absolute Gasteiger partial charge is 0.493 e. The summed E-state index contributed by atoms with van der Waals surface area (Å²) in [6, 6.07) is 11.6. The summed E-state index contributed by atoms with van der Waals surface area (Å²) in [5, 5.41) is 23.8. The molecule has 0 spiro atoms. The van der Waals surface area contributed by atoms with Crippen molar-refractivity contribution >= 4 is 40.8 Å². The molecule has 1 aromatic heterocycles. The molecule has 1 heterocycles. The summed E-state index contributed by atoms with van der Waals surface area (Å²) in [7, 11) is 1.42. The van der Waals surface area contributed by atoms with Gasteiger partial charge < -0.3 is 9.47 Å². The smallest absolute Gasteiger partial charge is 0.353 e. The van der Waals surface area contributed by atoms with Crippen molar-refractivity contribution in [3.05, 3.63) is 90.1 Å². The van der Waals surface area contributed by atoms with Gasteiger partial charge in [-0.1, -0.05) is 18.2 Å². The number of esters is 1. The van der Waals surface area contributed by atoms with Crippen molar-refractivity contribution in [2.45, 2.75) is 0 Å². The first-order valence-corrected chi connectivity index (χ1v) is 9.31. The number of benzene rings is 2. The van der Waals surface area contributed by atoms with E-state index in [-0.39, 0.29) is 22.7 Å². The Hall–Kier alpha value is -4.05. The fourth-order valence-electron chi connectivity index (χ4n) is 2.55. The number of ether oxygens (including phenoxy) is 2. The van der Waals surface area contributed by atoms with E-state index in [0.29, 0.717) is 16.2 Å². The van der Waals surface area contributed by atoms with Crippen molar-refractivity contribution in [2.24, 2.45) is 0 Å². The first-order valence-electron chi connectivity index (χ1n) is 8.43. The fraction of sp³-hybridized carbons (Fsp3) is 0.0500. The second-order valence-electron chi connectivity index (χ2n) is 5.87. The molecule has 3 aromatic rings. The van der Waals surface area contributed by atoms with Crippen LogP contribution in [0, 0.1) is 20.2 Å². The van der Waals surface area contributed by atoms with E-state index in [2.05, 4.69) is 0 Å². The molecule has 9 nitrogen and oxygen atoms in total. The highest BCUT2D eigenvalue weighted by Gasteiger charge is 2.18. The highest BCUT2D eigenvalue weighted by molar-refractivity contribution is 7.12. The second kappa shape index (κ2) is 8.97. The van der Waals surface area contributed by atoms with E-state index in [1.54, 1.807) is 41.8 Å². The molecule has 0 radical (unpaired) electrons. The third-order valence-corrected chi connectivity index (χ3v) is 4.84. The van der Waals surface area contributed by atoms with E-state index in [4.69, 9.17) is 9.47 Å². The molecular formula is C20H14N2O7S. The molecule has 0 N–H and O–H groups in total. The van der Waals surface area contributed by atoms with Crippen molar-refractivity contribution in [3.8, 4) is 11.5 Å². The zero-order valence-corrected chi connectivity index (χ0v) is 16.3. The molecule has 0 aliphatic carbocycles. The van der Waals surface area contributed by atoms with Crippen molar-refractivity contribution in [3.63, 3.8) is 0 Å². The minimum absolute atomic E-state index is 0.206. The molecule has 2 aromatic carbocycles. The quantitative estimate of drug-likeness (QED) is 0.172. The van der Waals surface area contributed by atoms with Crippen molar-refractivity contribution < 1.29 is 24.1 Å². The lowest BCUT2D eigenvalue weighted by atomic mass is 10.1. The maximum atomic E-state index is 12.1. The summed E-state index contributed by atoms with van der Waals surface area (Å²) in [6.45, 7) is 0. The molecule has 0 unspecified atom stereocenters. The van der Waals surface area contributed by atoms with Crippen LogP contribution in [-0.2, 0) is 0 Å². The van der Waals surface area contributed by atoms with E-state index >= 15 is 0 Å². The maximum absolute atomic E-state index is 12.1. The van der Waals surface area contributed by atoms with Gasteiger partial charge >= 0.3 is 5.97 Å². The van der Waals surface area contributed by atoms with Crippen LogP contribution in [0.2, 0.25) is 0 Å². The standard InChI is InChI=1S/C20H14N2O7S/c1-28-18-11-13(5-9-17(18)29-20(23)19-3-2-10-30-19)4-6-14-7-8-15(21(24)25)12-16(14)22(26)27/h2-12H,1H3/b6-4+. The predicted octanol–water partition coefficient (Wildman–Crippen LogP) is 4.96. The van der Waals surface area contributed by atoms with Gasteiger partial charge in [0.25, 0.3) is 11.4 Å². The number of nitro benzene ring substituents is 2. The number of thiophene rings is 1. The molecule has 0 atom stereocenters. The average molecular weight is 426 g/mol. The van der Waals surface area contributed by atoms with E-state index in [1.165, 1.54) is 36.7 Å². The van der Waals surface area contributed by atoms with Crippen LogP contribution in [0.3, 0.4) is 0 Å². The lowest BCUT2D eigenvalue weighted by Gasteiger charge is -2.09. The van der Waals surface area contributed by atoms with Gasteiger partial charge in [0.15, 0.2) is 11.5 Å². The third-order valence-electron chi connectivity index (χ3n) is 3.99. The van der Waals surface area contributed by atoms with Crippen molar-refractivity contribution in [1.29, 1.82) is 0 Å². The second-order valence-corrected chi connectivity index (χ2v) is 6.82. The molecule has 0 saturated carbocycles. The molecule has 10 heteroatoms. The first kappa shape index (κ1) is 20.7. The highest BCUT2D eigenvalue weighted by atomic mass is 32.1. The molecule has 3 rings (SSSR count). The van der Waals surface area contributed by atoms with Crippen LogP contribution in [-0.4, -0.2) is 22.9 Å². The molecule has 0 fully saturated rings. The van der Waals surface area contributed by atoms with Gasteiger partial charge in [0, 0.05) is 6.07 Å². The van der Waals surface area contributed by atoms with Gasteiger partial charge in [0.05, 0.1) is 28.6 Å². The minimum Gasteiger partial charge on any atom is -0.493 e. The Morgan fingerprint density at radius 2 is 1.80 bits per heavy atom. The number of hydrogen-bond acceptors (Lipinski definition) is 8. The number of carbonyl (C=O) groups excluding carboxylic acids is 1. The Kier molecular flexibility index (Phi) is 6.18. The summed E-state index contributed by atoms with van der Waals surface area (Å²) in [5.41, 5.74) is 0.0829. The molecule has 0 bridgehead atoms. The number of methoxy groups -OCH3 is 1. The Balaban J connectivity index is 1.85. The Morgan fingerprint density at radius 3 is 2.43 bits per heavy atom. The van der Waals surface area contributed by atoms with Gasteiger partial charge in [-0.05, 0) is 41.3 Å². The summed E-state index contributed by atoms with van der Waals surface area (Å²) in [6.07, 6.45) is 3.05. The summed E-state index contributed by atoms with van der Waals surface area (Å²) < 4.78 is 10.6. The number of nitro groups is 2. The van der Waals surface area contributed by atoms with Crippen LogP contribution in [0.1, 0.15) is 20.8 Å². The number of non-ortho nitro benzene ring substituents is 1. The van der Waals surface area contributed by atoms with Crippen LogP contribution < -0.4 is 9.47 Å². The van der Waals surface area contributed by atoms with Gasteiger partial charge in [-0.15, -0.1) is 11.3 Å². The Labute approximate surface area is 174 Å². The summed E-state index contributed by atoms with van der Waals surface area (Å²) >= 11 is 1.26. The zero-order valence-electron chi connectivity index (χ0n) is 15.5. The SMILES string of the molecule is COc1cc(/C=C/c2ccc([N+](=O)[O-])cc2[N+](=O)[O-])ccc1OC(=O)c1cccs1. The van der Waals surface area contributed by atoms with Gasteiger partial charge in [-0.25, -0.2) is 4.79 Å². The molecule has 0 aliphatic heterocycles. The molecule has 152 valence electrons. The Morgan fingerprint density at radius 1 is 1.00 bits per heavy atom. The minimum atomic E-state index is -0.693. The van der Waals surface area contributed by atoms with E-state index in [0.717, 1.165) is 6.07 Å². The van der Waals surface area contributed by atoms with Gasteiger partial charge in [0.1, 0.15) is 4.88 Å². The van der Waals surface area contributed by atoms with Crippen LogP contribution >= 0.6 is 11.3 Å². The Bertz CT molecular complexity index is 1140. The number of hydrogen-bond donors (Lipinski definition) is 0. The van der Waals surface area contributed by atoms with Crippen molar-refractivity contribution in [2.75, 3.05) is 7.11 Å². The van der Waals surface area contributed by atoms with Crippen molar-refractivity contribution in [1.82, 2.24) is 0 Å². The molecular weight excluding hydrogens is 412 g/mol. The maximum Gasteiger partial charge on any atom is 0.353 e.